The van der Waals surface area contributed by atoms with Crippen LogP contribution in [-0.2, 0) is 0 Å². The van der Waals surface area contributed by atoms with Crippen molar-refractivity contribution >= 4 is 34.8 Å². The van der Waals surface area contributed by atoms with Crippen molar-refractivity contribution in [1.29, 1.82) is 0 Å². The monoisotopic (exact) mass is 520 g/mol. The summed E-state index contributed by atoms with van der Waals surface area (Å²) in [5.74, 6) is 1.33. The van der Waals surface area contributed by atoms with Gasteiger partial charge in [-0.25, -0.2) is 9.97 Å². The Morgan fingerprint density at radius 2 is 1.78 bits per heavy atom. The second-order valence-electron chi connectivity index (χ2n) is 8.83. The Morgan fingerprint density at radius 3 is 2.41 bits per heavy atom. The van der Waals surface area contributed by atoms with Gasteiger partial charge < -0.3 is 20.1 Å². The Bertz CT molecular complexity index is 1430. The highest BCUT2D eigenvalue weighted by Gasteiger charge is 2.15. The van der Waals surface area contributed by atoms with Crippen LogP contribution >= 0.6 is 11.6 Å². The summed E-state index contributed by atoms with van der Waals surface area (Å²) in [5, 5.41) is 10.9. The minimum absolute atomic E-state index is 0.213. The minimum Gasteiger partial charge on any atom is -0.496 e. The molecule has 0 radical (unpaired) electrons. The van der Waals surface area contributed by atoms with Gasteiger partial charge in [0.05, 0.1) is 43.0 Å². The van der Waals surface area contributed by atoms with E-state index in [1.165, 1.54) is 13.3 Å². The molecular formula is C27H29ClN6O3. The molecule has 0 saturated carbocycles. The maximum atomic E-state index is 13.0. The number of rotatable bonds is 8. The van der Waals surface area contributed by atoms with Crippen LogP contribution in [0, 0.1) is 13.8 Å². The largest absolute Gasteiger partial charge is 0.496 e. The summed E-state index contributed by atoms with van der Waals surface area (Å²) in [6.45, 7) is 7.96. The van der Waals surface area contributed by atoms with Crippen LogP contribution in [0.25, 0.3) is 11.3 Å². The number of amides is 1. The van der Waals surface area contributed by atoms with Crippen molar-refractivity contribution in [2.75, 3.05) is 24.9 Å². The van der Waals surface area contributed by atoms with Crippen LogP contribution < -0.4 is 20.1 Å². The van der Waals surface area contributed by atoms with Crippen LogP contribution in [0.1, 0.15) is 41.4 Å². The van der Waals surface area contributed by atoms with E-state index in [4.69, 9.17) is 21.1 Å². The molecule has 0 unspecified atom stereocenters. The SMILES string of the molecule is COc1cc(C(=O)Nc2cc(C)c(OC)c(C)c2)ccc1Nc1ncc(Cl)c(-c2cnn(C(C)C)c2)n1. The molecule has 0 aliphatic heterocycles. The van der Waals surface area contributed by atoms with Gasteiger partial charge in [0.1, 0.15) is 11.5 Å². The first-order chi connectivity index (χ1) is 17.7. The average Bonchev–Trinajstić information content (AvgIpc) is 3.36. The molecule has 192 valence electrons. The van der Waals surface area contributed by atoms with E-state index in [0.717, 1.165) is 22.4 Å². The zero-order valence-corrected chi connectivity index (χ0v) is 22.3. The Labute approximate surface area is 220 Å². The molecule has 4 rings (SSSR count). The number of anilines is 3. The lowest BCUT2D eigenvalue weighted by atomic mass is 10.1. The van der Waals surface area contributed by atoms with Gasteiger partial charge >= 0.3 is 0 Å². The molecule has 10 heteroatoms. The minimum atomic E-state index is -0.263. The molecule has 9 nitrogen and oxygen atoms in total. The number of aryl methyl sites for hydroxylation is 2. The van der Waals surface area contributed by atoms with E-state index >= 15 is 0 Å². The second kappa shape index (κ2) is 10.9. The maximum absolute atomic E-state index is 13.0. The predicted octanol–water partition coefficient (Wildman–Crippen LogP) is 6.20. The van der Waals surface area contributed by atoms with Gasteiger partial charge in [-0.15, -0.1) is 0 Å². The maximum Gasteiger partial charge on any atom is 0.255 e. The number of methoxy groups -OCH3 is 2. The third-order valence-electron chi connectivity index (χ3n) is 5.78. The van der Waals surface area contributed by atoms with Crippen molar-refractivity contribution in [2.24, 2.45) is 0 Å². The Kier molecular flexibility index (Phi) is 7.63. The highest BCUT2D eigenvalue weighted by Crippen LogP contribution is 2.32. The molecule has 0 aliphatic rings. The van der Waals surface area contributed by atoms with Crippen molar-refractivity contribution < 1.29 is 14.3 Å². The number of aromatic nitrogens is 4. The fourth-order valence-corrected chi connectivity index (χ4v) is 4.18. The first-order valence-electron chi connectivity index (χ1n) is 11.7. The molecule has 0 saturated heterocycles. The van der Waals surface area contributed by atoms with E-state index in [2.05, 4.69) is 25.7 Å². The van der Waals surface area contributed by atoms with E-state index in [1.54, 1.807) is 31.5 Å². The number of carbonyl (C=O) groups excluding carboxylic acids is 1. The molecule has 0 spiro atoms. The summed E-state index contributed by atoms with van der Waals surface area (Å²) in [6, 6.07) is 9.06. The fraction of sp³-hybridized carbons (Fsp3) is 0.259. The third kappa shape index (κ3) is 5.67. The lowest BCUT2D eigenvalue weighted by Gasteiger charge is -2.14. The zero-order chi connectivity index (χ0) is 26.7. The van der Waals surface area contributed by atoms with Crippen LogP contribution in [0.5, 0.6) is 11.5 Å². The molecule has 0 atom stereocenters. The van der Waals surface area contributed by atoms with E-state index in [-0.39, 0.29) is 11.9 Å². The Balaban J connectivity index is 1.55. The van der Waals surface area contributed by atoms with E-state index in [1.807, 2.05) is 50.7 Å². The van der Waals surface area contributed by atoms with E-state index in [9.17, 15) is 4.79 Å². The number of hydrogen-bond donors (Lipinski definition) is 2. The van der Waals surface area contributed by atoms with Crippen molar-refractivity contribution in [1.82, 2.24) is 19.7 Å². The summed E-state index contributed by atoms with van der Waals surface area (Å²) in [7, 11) is 3.17. The van der Waals surface area contributed by atoms with Gasteiger partial charge in [-0.1, -0.05) is 11.6 Å². The molecule has 1 amide bonds. The molecule has 2 aromatic carbocycles. The summed E-state index contributed by atoms with van der Waals surface area (Å²) in [4.78, 5) is 21.8. The van der Waals surface area contributed by atoms with Gasteiger partial charge in [0.2, 0.25) is 5.95 Å². The summed E-state index contributed by atoms with van der Waals surface area (Å²) in [6.07, 6.45) is 5.15. The smallest absolute Gasteiger partial charge is 0.255 e. The lowest BCUT2D eigenvalue weighted by molar-refractivity contribution is 0.102. The van der Waals surface area contributed by atoms with Gasteiger partial charge in [0.25, 0.3) is 5.91 Å². The standard InChI is InChI=1S/C27H29ClN6O3/c1-15(2)34-14-19(12-30-34)24-21(28)13-29-27(33-24)32-22-8-7-18(11-23(22)36-5)26(35)31-20-9-16(3)25(37-6)17(4)10-20/h7-15H,1-6H3,(H,31,35)(H,29,32,33). The number of hydrogen-bond acceptors (Lipinski definition) is 7. The third-order valence-corrected chi connectivity index (χ3v) is 6.06. The van der Waals surface area contributed by atoms with Gasteiger partial charge in [-0.05, 0) is 69.2 Å². The molecule has 2 N–H and O–H groups in total. The molecule has 0 aliphatic carbocycles. The number of ether oxygens (including phenoxy) is 2. The van der Waals surface area contributed by atoms with Crippen molar-refractivity contribution in [3.05, 3.63) is 70.6 Å². The first kappa shape index (κ1) is 26.0. The molecule has 37 heavy (non-hydrogen) atoms. The average molecular weight is 521 g/mol. The Morgan fingerprint density at radius 1 is 1.05 bits per heavy atom. The number of nitrogens with zero attached hydrogens (tertiary/aromatic N) is 4. The summed E-state index contributed by atoms with van der Waals surface area (Å²) >= 11 is 6.37. The summed E-state index contributed by atoms with van der Waals surface area (Å²) in [5.41, 5.74) is 4.94. The van der Waals surface area contributed by atoms with Crippen LogP contribution in [0.2, 0.25) is 5.02 Å². The quantitative estimate of drug-likeness (QED) is 0.285. The molecule has 2 heterocycles. The van der Waals surface area contributed by atoms with Gasteiger partial charge in [-0.2, -0.15) is 5.10 Å². The molecule has 4 aromatic rings. The van der Waals surface area contributed by atoms with Crippen LogP contribution in [-0.4, -0.2) is 39.9 Å². The van der Waals surface area contributed by atoms with E-state index in [0.29, 0.717) is 39.4 Å². The normalized spacial score (nSPS) is 10.9. The summed E-state index contributed by atoms with van der Waals surface area (Å²) < 4.78 is 12.8. The molecule has 0 bridgehead atoms. The van der Waals surface area contributed by atoms with E-state index < -0.39 is 0 Å². The topological polar surface area (TPSA) is 103 Å². The molecular weight excluding hydrogens is 492 g/mol. The first-order valence-corrected chi connectivity index (χ1v) is 12.1. The lowest BCUT2D eigenvalue weighted by Crippen LogP contribution is -2.13. The second-order valence-corrected chi connectivity index (χ2v) is 9.24. The van der Waals surface area contributed by atoms with Crippen molar-refractivity contribution in [3.63, 3.8) is 0 Å². The number of halogens is 1. The molecule has 2 aromatic heterocycles. The van der Waals surface area contributed by atoms with Crippen LogP contribution in [0.3, 0.4) is 0 Å². The zero-order valence-electron chi connectivity index (χ0n) is 21.6. The van der Waals surface area contributed by atoms with Crippen LogP contribution in [0.4, 0.5) is 17.3 Å². The van der Waals surface area contributed by atoms with Gasteiger partial charge in [0, 0.05) is 29.1 Å². The highest BCUT2D eigenvalue weighted by molar-refractivity contribution is 6.32. The van der Waals surface area contributed by atoms with Gasteiger partial charge in [-0.3, -0.25) is 9.48 Å². The number of nitrogens with one attached hydrogen (secondary N) is 2. The van der Waals surface area contributed by atoms with Gasteiger partial charge in [0.15, 0.2) is 0 Å². The predicted molar refractivity (Wildman–Crippen MR) is 145 cm³/mol. The number of benzene rings is 2. The molecule has 0 fully saturated rings. The fourth-order valence-electron chi connectivity index (χ4n) is 3.98. The Hall–Kier alpha value is -4.11. The van der Waals surface area contributed by atoms with Crippen LogP contribution in [0.15, 0.2) is 48.9 Å². The van der Waals surface area contributed by atoms with Crippen molar-refractivity contribution in [2.45, 2.75) is 33.7 Å². The number of carbonyl (C=O) groups is 1. The highest BCUT2D eigenvalue weighted by atomic mass is 35.5. The van der Waals surface area contributed by atoms with Crippen molar-refractivity contribution in [3.8, 4) is 22.8 Å².